The Morgan fingerprint density at radius 1 is 1.35 bits per heavy atom. The van der Waals surface area contributed by atoms with Gasteiger partial charge in [-0.1, -0.05) is 0 Å². The minimum atomic E-state index is -3.16. The SMILES string of the molecule is O=S(=O)(CCNC1CC1)NCCc1ccco1. The Kier molecular flexibility index (Phi) is 4.20. The summed E-state index contributed by atoms with van der Waals surface area (Å²) in [7, 11) is -3.16. The van der Waals surface area contributed by atoms with E-state index in [0.29, 0.717) is 25.6 Å². The molecule has 1 heterocycles. The third kappa shape index (κ3) is 4.89. The standard InChI is InChI=1S/C11H18N2O3S/c14-17(15,9-7-12-10-3-4-10)13-6-5-11-2-1-8-16-11/h1-2,8,10,12-13H,3-7,9H2. The van der Waals surface area contributed by atoms with E-state index < -0.39 is 10.0 Å². The zero-order valence-electron chi connectivity index (χ0n) is 9.69. The summed E-state index contributed by atoms with van der Waals surface area (Å²) < 4.78 is 30.8. The van der Waals surface area contributed by atoms with Crippen LogP contribution in [0.25, 0.3) is 0 Å². The zero-order valence-corrected chi connectivity index (χ0v) is 10.5. The molecule has 17 heavy (non-hydrogen) atoms. The molecule has 0 atom stereocenters. The van der Waals surface area contributed by atoms with Crippen LogP contribution in [0.3, 0.4) is 0 Å². The summed E-state index contributed by atoms with van der Waals surface area (Å²) >= 11 is 0. The molecule has 2 rings (SSSR count). The van der Waals surface area contributed by atoms with E-state index in [4.69, 9.17) is 4.42 Å². The third-order valence-corrected chi connectivity index (χ3v) is 4.04. The predicted molar refractivity (Wildman–Crippen MR) is 65.2 cm³/mol. The fourth-order valence-corrected chi connectivity index (χ4v) is 2.49. The van der Waals surface area contributed by atoms with Gasteiger partial charge >= 0.3 is 0 Å². The van der Waals surface area contributed by atoms with Gasteiger partial charge < -0.3 is 9.73 Å². The second-order valence-electron chi connectivity index (χ2n) is 4.27. The zero-order chi connectivity index (χ0) is 12.1. The van der Waals surface area contributed by atoms with E-state index in [2.05, 4.69) is 10.0 Å². The highest BCUT2D eigenvalue weighted by molar-refractivity contribution is 7.89. The van der Waals surface area contributed by atoms with Gasteiger partial charge in [-0.2, -0.15) is 0 Å². The van der Waals surface area contributed by atoms with E-state index >= 15 is 0 Å². The topological polar surface area (TPSA) is 71.3 Å². The first kappa shape index (κ1) is 12.6. The lowest BCUT2D eigenvalue weighted by atomic mass is 10.3. The molecule has 0 bridgehead atoms. The van der Waals surface area contributed by atoms with Crippen molar-refractivity contribution in [1.82, 2.24) is 10.0 Å². The predicted octanol–water partition coefficient (Wildman–Crippen LogP) is 0.494. The van der Waals surface area contributed by atoms with E-state index in [1.807, 2.05) is 6.07 Å². The van der Waals surface area contributed by atoms with Crippen molar-refractivity contribution in [2.24, 2.45) is 0 Å². The van der Waals surface area contributed by atoms with Crippen molar-refractivity contribution in [3.63, 3.8) is 0 Å². The molecule has 0 saturated heterocycles. The van der Waals surface area contributed by atoms with E-state index in [9.17, 15) is 8.42 Å². The molecule has 1 aromatic heterocycles. The van der Waals surface area contributed by atoms with Gasteiger partial charge in [0.15, 0.2) is 0 Å². The summed E-state index contributed by atoms with van der Waals surface area (Å²) in [6.07, 6.45) is 4.52. The maximum atomic E-state index is 11.6. The van der Waals surface area contributed by atoms with Crippen LogP contribution in [0.15, 0.2) is 22.8 Å². The van der Waals surface area contributed by atoms with Crippen molar-refractivity contribution < 1.29 is 12.8 Å². The van der Waals surface area contributed by atoms with E-state index in [1.165, 1.54) is 12.8 Å². The number of hydrogen-bond acceptors (Lipinski definition) is 4. The molecule has 1 fully saturated rings. The smallest absolute Gasteiger partial charge is 0.212 e. The number of nitrogens with one attached hydrogen (secondary N) is 2. The molecule has 0 aliphatic heterocycles. The van der Waals surface area contributed by atoms with Crippen LogP contribution in [-0.4, -0.2) is 33.3 Å². The van der Waals surface area contributed by atoms with Crippen molar-refractivity contribution in [3.8, 4) is 0 Å². The van der Waals surface area contributed by atoms with Crippen LogP contribution in [0, 0.1) is 0 Å². The number of sulfonamides is 1. The Morgan fingerprint density at radius 3 is 2.82 bits per heavy atom. The lowest BCUT2D eigenvalue weighted by Crippen LogP contribution is -2.33. The Morgan fingerprint density at radius 2 is 2.18 bits per heavy atom. The lowest BCUT2D eigenvalue weighted by Gasteiger charge is -2.06. The van der Waals surface area contributed by atoms with Crippen LogP contribution in [0.4, 0.5) is 0 Å². The van der Waals surface area contributed by atoms with Crippen molar-refractivity contribution in [1.29, 1.82) is 0 Å². The van der Waals surface area contributed by atoms with Gasteiger partial charge in [0.1, 0.15) is 5.76 Å². The van der Waals surface area contributed by atoms with Crippen LogP contribution < -0.4 is 10.0 Å². The first-order chi connectivity index (χ1) is 8.16. The van der Waals surface area contributed by atoms with Gasteiger partial charge in [-0.05, 0) is 25.0 Å². The average Bonchev–Trinajstić information content (AvgIpc) is 2.93. The Labute approximate surface area is 102 Å². The van der Waals surface area contributed by atoms with Crippen molar-refractivity contribution in [2.75, 3.05) is 18.8 Å². The summed E-state index contributed by atoms with van der Waals surface area (Å²) in [5.74, 6) is 0.936. The fourth-order valence-electron chi connectivity index (χ4n) is 1.54. The molecule has 1 aliphatic rings. The Bertz CT molecular complexity index is 424. The second kappa shape index (κ2) is 5.66. The average molecular weight is 258 g/mol. The quantitative estimate of drug-likeness (QED) is 0.712. The molecule has 1 aromatic rings. The maximum Gasteiger partial charge on any atom is 0.212 e. The highest BCUT2D eigenvalue weighted by Gasteiger charge is 2.21. The van der Waals surface area contributed by atoms with Gasteiger partial charge in [0.05, 0.1) is 12.0 Å². The van der Waals surface area contributed by atoms with Crippen molar-refractivity contribution in [3.05, 3.63) is 24.2 Å². The molecule has 6 heteroatoms. The fraction of sp³-hybridized carbons (Fsp3) is 0.636. The molecule has 2 N–H and O–H groups in total. The molecule has 0 aromatic carbocycles. The highest BCUT2D eigenvalue weighted by Crippen LogP contribution is 2.17. The van der Waals surface area contributed by atoms with E-state index in [1.54, 1.807) is 12.3 Å². The molecular formula is C11H18N2O3S. The number of rotatable bonds is 8. The molecule has 0 amide bonds. The first-order valence-electron chi connectivity index (χ1n) is 5.89. The third-order valence-electron chi connectivity index (χ3n) is 2.65. The summed E-state index contributed by atoms with van der Waals surface area (Å²) in [6, 6.07) is 4.18. The minimum Gasteiger partial charge on any atom is -0.469 e. The molecule has 5 nitrogen and oxygen atoms in total. The summed E-state index contributed by atoms with van der Waals surface area (Å²) in [6.45, 7) is 0.917. The van der Waals surface area contributed by atoms with E-state index in [-0.39, 0.29) is 5.75 Å². The normalized spacial score (nSPS) is 16.2. The van der Waals surface area contributed by atoms with Gasteiger partial charge in [-0.3, -0.25) is 0 Å². The van der Waals surface area contributed by atoms with Gasteiger partial charge in [-0.25, -0.2) is 13.1 Å². The lowest BCUT2D eigenvalue weighted by molar-refractivity contribution is 0.505. The number of furan rings is 1. The summed E-state index contributed by atoms with van der Waals surface area (Å²) in [5, 5.41) is 3.18. The first-order valence-corrected chi connectivity index (χ1v) is 7.54. The molecule has 0 radical (unpaired) electrons. The number of hydrogen-bond donors (Lipinski definition) is 2. The maximum absolute atomic E-state index is 11.6. The van der Waals surface area contributed by atoms with E-state index in [0.717, 1.165) is 5.76 Å². The molecule has 1 aliphatic carbocycles. The molecule has 1 saturated carbocycles. The summed E-state index contributed by atoms with van der Waals surface area (Å²) in [4.78, 5) is 0. The largest absolute Gasteiger partial charge is 0.469 e. The van der Waals surface area contributed by atoms with Gasteiger partial charge in [0, 0.05) is 25.6 Å². The van der Waals surface area contributed by atoms with Crippen LogP contribution in [0.2, 0.25) is 0 Å². The van der Waals surface area contributed by atoms with Gasteiger partial charge in [0.25, 0.3) is 0 Å². The Hall–Kier alpha value is -0.850. The van der Waals surface area contributed by atoms with Crippen LogP contribution >= 0.6 is 0 Å². The monoisotopic (exact) mass is 258 g/mol. The van der Waals surface area contributed by atoms with Crippen molar-refractivity contribution in [2.45, 2.75) is 25.3 Å². The Balaban J connectivity index is 1.62. The second-order valence-corrected chi connectivity index (χ2v) is 6.20. The molecule has 0 spiro atoms. The molecule has 0 unspecified atom stereocenters. The highest BCUT2D eigenvalue weighted by atomic mass is 32.2. The van der Waals surface area contributed by atoms with Crippen molar-refractivity contribution >= 4 is 10.0 Å². The van der Waals surface area contributed by atoms with Crippen LogP contribution in [-0.2, 0) is 16.4 Å². The molecule has 96 valence electrons. The molecular weight excluding hydrogens is 240 g/mol. The van der Waals surface area contributed by atoms with Gasteiger partial charge in [-0.15, -0.1) is 0 Å². The van der Waals surface area contributed by atoms with Crippen LogP contribution in [0.5, 0.6) is 0 Å². The minimum absolute atomic E-state index is 0.141. The summed E-state index contributed by atoms with van der Waals surface area (Å²) in [5.41, 5.74) is 0. The van der Waals surface area contributed by atoms with Crippen LogP contribution in [0.1, 0.15) is 18.6 Å². The van der Waals surface area contributed by atoms with Gasteiger partial charge in [0.2, 0.25) is 10.0 Å².